The lowest BCUT2D eigenvalue weighted by molar-refractivity contribution is 0.0979. The quantitative estimate of drug-likeness (QED) is 0.889. The standard InChI is InChI=1S/C15H15N3O2S/c16-12(19)11-10-7-4-8-18(15(10)21-13(11)17)14(20)9-5-2-1-3-6-9/h1-3,5-6H,4,7-8,17H2,(H2,16,19). The molecule has 5 nitrogen and oxygen atoms in total. The fourth-order valence-corrected chi connectivity index (χ4v) is 3.78. The molecule has 0 unspecified atom stereocenters. The van der Waals surface area contributed by atoms with Gasteiger partial charge in [0.15, 0.2) is 0 Å². The van der Waals surface area contributed by atoms with E-state index in [4.69, 9.17) is 11.5 Å². The normalized spacial score (nSPS) is 13.8. The van der Waals surface area contributed by atoms with E-state index < -0.39 is 5.91 Å². The van der Waals surface area contributed by atoms with Gasteiger partial charge in [-0.25, -0.2) is 0 Å². The zero-order chi connectivity index (χ0) is 15.0. The predicted octanol–water partition coefficient (Wildman–Crippen LogP) is 2.02. The topological polar surface area (TPSA) is 89.4 Å². The molecule has 0 bridgehead atoms. The summed E-state index contributed by atoms with van der Waals surface area (Å²) in [7, 11) is 0. The minimum absolute atomic E-state index is 0.0752. The van der Waals surface area contributed by atoms with Gasteiger partial charge in [-0.3, -0.25) is 14.5 Å². The summed E-state index contributed by atoms with van der Waals surface area (Å²) in [5, 5.41) is 1.14. The van der Waals surface area contributed by atoms with Crippen molar-refractivity contribution in [2.75, 3.05) is 17.2 Å². The van der Waals surface area contributed by atoms with E-state index in [2.05, 4.69) is 0 Å². The third-order valence-electron chi connectivity index (χ3n) is 3.58. The molecular formula is C15H15N3O2S. The number of carbonyl (C=O) groups is 2. The van der Waals surface area contributed by atoms with Gasteiger partial charge in [0.25, 0.3) is 11.8 Å². The number of thiophene rings is 1. The Balaban J connectivity index is 2.04. The zero-order valence-corrected chi connectivity index (χ0v) is 12.2. The summed E-state index contributed by atoms with van der Waals surface area (Å²) < 4.78 is 0. The molecule has 2 amide bonds. The second kappa shape index (κ2) is 5.21. The molecule has 1 aromatic carbocycles. The SMILES string of the molecule is NC(=O)c1c(N)sc2c1CCCN2C(=O)c1ccccc1. The second-order valence-corrected chi connectivity index (χ2v) is 5.95. The Hall–Kier alpha value is -2.34. The lowest BCUT2D eigenvalue weighted by Gasteiger charge is -2.27. The molecule has 0 saturated heterocycles. The maximum absolute atomic E-state index is 12.6. The number of nitrogens with zero attached hydrogens (tertiary/aromatic N) is 1. The van der Waals surface area contributed by atoms with Crippen LogP contribution in [0.15, 0.2) is 30.3 Å². The van der Waals surface area contributed by atoms with Gasteiger partial charge >= 0.3 is 0 Å². The molecule has 0 fully saturated rings. The molecular weight excluding hydrogens is 286 g/mol. The molecule has 6 heteroatoms. The Labute approximate surface area is 126 Å². The van der Waals surface area contributed by atoms with E-state index >= 15 is 0 Å². The van der Waals surface area contributed by atoms with E-state index in [0.717, 1.165) is 23.4 Å². The van der Waals surface area contributed by atoms with Crippen LogP contribution in [0.4, 0.5) is 10.0 Å². The van der Waals surface area contributed by atoms with Gasteiger partial charge in [-0.2, -0.15) is 0 Å². The van der Waals surface area contributed by atoms with Crippen LogP contribution in [0.25, 0.3) is 0 Å². The molecule has 0 spiro atoms. The van der Waals surface area contributed by atoms with E-state index in [9.17, 15) is 9.59 Å². The fraction of sp³-hybridized carbons (Fsp3) is 0.200. The maximum Gasteiger partial charge on any atom is 0.258 e. The average molecular weight is 301 g/mol. The number of nitrogens with two attached hydrogens (primary N) is 2. The summed E-state index contributed by atoms with van der Waals surface area (Å²) in [6.07, 6.45) is 1.52. The molecule has 2 aromatic rings. The first-order valence-corrected chi connectivity index (χ1v) is 7.49. The number of primary amides is 1. The third-order valence-corrected chi connectivity index (χ3v) is 4.66. The molecule has 2 heterocycles. The van der Waals surface area contributed by atoms with Crippen molar-refractivity contribution < 1.29 is 9.59 Å². The zero-order valence-electron chi connectivity index (χ0n) is 11.3. The van der Waals surface area contributed by atoms with Crippen LogP contribution < -0.4 is 16.4 Å². The second-order valence-electron chi connectivity index (χ2n) is 4.92. The lowest BCUT2D eigenvalue weighted by Crippen LogP contribution is -2.35. The summed E-state index contributed by atoms with van der Waals surface area (Å²) in [5.41, 5.74) is 13.1. The van der Waals surface area contributed by atoms with E-state index in [1.165, 1.54) is 11.3 Å². The molecule has 1 aliphatic heterocycles. The van der Waals surface area contributed by atoms with Crippen LogP contribution in [0.3, 0.4) is 0 Å². The van der Waals surface area contributed by atoms with E-state index in [1.807, 2.05) is 18.2 Å². The van der Waals surface area contributed by atoms with Gasteiger partial charge in [-0.15, -0.1) is 0 Å². The summed E-state index contributed by atoms with van der Waals surface area (Å²) in [5.74, 6) is -0.604. The molecule has 1 aromatic heterocycles. The first-order valence-electron chi connectivity index (χ1n) is 6.67. The molecule has 108 valence electrons. The Kier molecular flexibility index (Phi) is 3.39. The van der Waals surface area contributed by atoms with Crippen LogP contribution in [0.2, 0.25) is 0 Å². The number of amides is 2. The van der Waals surface area contributed by atoms with Gasteiger partial charge < -0.3 is 11.5 Å². The van der Waals surface area contributed by atoms with Gasteiger partial charge in [-0.05, 0) is 25.0 Å². The lowest BCUT2D eigenvalue weighted by atomic mass is 10.0. The van der Waals surface area contributed by atoms with Crippen molar-refractivity contribution in [3.8, 4) is 0 Å². The van der Waals surface area contributed by atoms with Crippen molar-refractivity contribution >= 4 is 33.2 Å². The molecule has 0 radical (unpaired) electrons. The van der Waals surface area contributed by atoms with Crippen LogP contribution >= 0.6 is 11.3 Å². The van der Waals surface area contributed by atoms with Crippen LogP contribution in [0, 0.1) is 0 Å². The van der Waals surface area contributed by atoms with Crippen molar-refractivity contribution in [1.29, 1.82) is 0 Å². The average Bonchev–Trinajstić information content (AvgIpc) is 2.83. The summed E-state index contributed by atoms with van der Waals surface area (Å²) >= 11 is 1.26. The number of fused-ring (bicyclic) bond motifs is 1. The highest BCUT2D eigenvalue weighted by Crippen LogP contribution is 2.41. The highest BCUT2D eigenvalue weighted by Gasteiger charge is 2.30. The molecule has 1 aliphatic rings. The maximum atomic E-state index is 12.6. The molecule has 0 saturated carbocycles. The minimum Gasteiger partial charge on any atom is -0.390 e. The largest absolute Gasteiger partial charge is 0.390 e. The monoisotopic (exact) mass is 301 g/mol. The predicted molar refractivity (Wildman–Crippen MR) is 83.7 cm³/mol. The van der Waals surface area contributed by atoms with E-state index in [0.29, 0.717) is 22.7 Å². The Morgan fingerprint density at radius 2 is 1.90 bits per heavy atom. The van der Waals surface area contributed by atoms with Crippen molar-refractivity contribution in [2.24, 2.45) is 5.73 Å². The van der Waals surface area contributed by atoms with Crippen molar-refractivity contribution in [2.45, 2.75) is 12.8 Å². The van der Waals surface area contributed by atoms with Crippen LogP contribution in [-0.2, 0) is 6.42 Å². The van der Waals surface area contributed by atoms with Crippen LogP contribution in [0.5, 0.6) is 0 Å². The highest BCUT2D eigenvalue weighted by atomic mass is 32.1. The molecule has 0 atom stereocenters. The fourth-order valence-electron chi connectivity index (χ4n) is 2.64. The molecule has 4 N–H and O–H groups in total. The van der Waals surface area contributed by atoms with Crippen molar-refractivity contribution in [3.05, 3.63) is 47.0 Å². The van der Waals surface area contributed by atoms with Gasteiger partial charge in [0.05, 0.1) is 5.56 Å². The molecule has 0 aliphatic carbocycles. The Morgan fingerprint density at radius 1 is 1.19 bits per heavy atom. The number of hydrogen-bond acceptors (Lipinski definition) is 4. The van der Waals surface area contributed by atoms with Gasteiger partial charge in [-0.1, -0.05) is 29.5 Å². The third kappa shape index (κ3) is 2.27. The van der Waals surface area contributed by atoms with Crippen molar-refractivity contribution in [1.82, 2.24) is 0 Å². The smallest absolute Gasteiger partial charge is 0.258 e. The Bertz CT molecular complexity index is 709. The van der Waals surface area contributed by atoms with Crippen molar-refractivity contribution in [3.63, 3.8) is 0 Å². The number of rotatable bonds is 2. The first kappa shape index (κ1) is 13.6. The molecule has 21 heavy (non-hydrogen) atoms. The Morgan fingerprint density at radius 3 is 2.57 bits per heavy atom. The number of carbonyl (C=O) groups excluding carboxylic acids is 2. The van der Waals surface area contributed by atoms with Gasteiger partial charge in [0.1, 0.15) is 10.0 Å². The number of benzene rings is 1. The van der Waals surface area contributed by atoms with Crippen LogP contribution in [0.1, 0.15) is 32.7 Å². The summed E-state index contributed by atoms with van der Waals surface area (Å²) in [4.78, 5) is 25.9. The number of hydrogen-bond donors (Lipinski definition) is 2. The highest BCUT2D eigenvalue weighted by molar-refractivity contribution is 7.20. The van der Waals surface area contributed by atoms with E-state index in [1.54, 1.807) is 17.0 Å². The van der Waals surface area contributed by atoms with Gasteiger partial charge in [0.2, 0.25) is 0 Å². The summed E-state index contributed by atoms with van der Waals surface area (Å²) in [6, 6.07) is 9.09. The number of nitrogen functional groups attached to an aromatic ring is 1. The molecule has 3 rings (SSSR count). The number of anilines is 2. The van der Waals surface area contributed by atoms with E-state index in [-0.39, 0.29) is 5.91 Å². The minimum atomic E-state index is -0.529. The summed E-state index contributed by atoms with van der Waals surface area (Å²) in [6.45, 7) is 0.624. The van der Waals surface area contributed by atoms with Crippen LogP contribution in [-0.4, -0.2) is 18.4 Å². The first-order chi connectivity index (χ1) is 10.1. The van der Waals surface area contributed by atoms with Gasteiger partial charge in [0, 0.05) is 17.7 Å².